The number of para-hydroxylation sites is 1. The molecule has 0 saturated carbocycles. The Morgan fingerprint density at radius 2 is 2.05 bits per heavy atom. The molecule has 1 atom stereocenters. The molecular weight excluding hydrogens is 299 g/mol. The van der Waals surface area contributed by atoms with Crippen molar-refractivity contribution in [3.8, 4) is 0 Å². The van der Waals surface area contributed by atoms with Gasteiger partial charge in [0.1, 0.15) is 17.6 Å². The van der Waals surface area contributed by atoms with Gasteiger partial charge in [-0.2, -0.15) is 5.10 Å². The van der Waals surface area contributed by atoms with Crippen LogP contribution in [0.1, 0.15) is 23.1 Å². The van der Waals surface area contributed by atoms with Gasteiger partial charge in [0.25, 0.3) is 0 Å². The Morgan fingerprint density at radius 1 is 1.14 bits per heavy atom. The Balaban J connectivity index is 1.78. The van der Waals surface area contributed by atoms with E-state index in [1.807, 2.05) is 35.7 Å². The Hall–Kier alpha value is -2.40. The minimum absolute atomic E-state index is 0.121. The fourth-order valence-corrected chi connectivity index (χ4v) is 3.39. The second-order valence-corrected chi connectivity index (χ2v) is 6.00. The number of nitrogens with zero attached hydrogens (tertiary/aromatic N) is 2. The summed E-state index contributed by atoms with van der Waals surface area (Å²) in [6.45, 7) is 0. The molecule has 5 heteroatoms. The second kappa shape index (κ2) is 5.42. The van der Waals surface area contributed by atoms with Crippen LogP contribution in [0.4, 0.5) is 10.1 Å². The van der Waals surface area contributed by atoms with Gasteiger partial charge < -0.3 is 4.42 Å². The van der Waals surface area contributed by atoms with Crippen LogP contribution in [0.5, 0.6) is 0 Å². The van der Waals surface area contributed by atoms with Crippen LogP contribution in [-0.4, -0.2) is 5.71 Å². The molecule has 0 aliphatic carbocycles. The molecule has 4 rings (SSSR count). The van der Waals surface area contributed by atoms with Crippen molar-refractivity contribution in [1.29, 1.82) is 0 Å². The van der Waals surface area contributed by atoms with Crippen molar-refractivity contribution in [3.63, 3.8) is 0 Å². The summed E-state index contributed by atoms with van der Waals surface area (Å²) >= 11 is 1.64. The van der Waals surface area contributed by atoms with Crippen LogP contribution in [-0.2, 0) is 0 Å². The van der Waals surface area contributed by atoms with Crippen LogP contribution in [0.3, 0.4) is 0 Å². The average Bonchev–Trinajstić information content (AvgIpc) is 3.27. The van der Waals surface area contributed by atoms with Crippen molar-refractivity contribution in [2.24, 2.45) is 5.10 Å². The van der Waals surface area contributed by atoms with E-state index in [-0.39, 0.29) is 11.9 Å². The van der Waals surface area contributed by atoms with Crippen molar-refractivity contribution < 1.29 is 8.81 Å². The van der Waals surface area contributed by atoms with E-state index in [1.54, 1.807) is 34.7 Å². The summed E-state index contributed by atoms with van der Waals surface area (Å²) in [6.07, 6.45) is 2.33. The van der Waals surface area contributed by atoms with Gasteiger partial charge in [-0.25, -0.2) is 4.39 Å². The van der Waals surface area contributed by atoms with Gasteiger partial charge in [0, 0.05) is 6.42 Å². The number of hydrazone groups is 1. The van der Waals surface area contributed by atoms with E-state index < -0.39 is 0 Å². The summed E-state index contributed by atoms with van der Waals surface area (Å²) in [5, 5.41) is 8.40. The highest BCUT2D eigenvalue weighted by Gasteiger charge is 2.33. The van der Waals surface area contributed by atoms with Crippen LogP contribution in [0.25, 0.3) is 0 Å². The molecule has 0 radical (unpaired) electrons. The summed E-state index contributed by atoms with van der Waals surface area (Å²) in [5.74, 6) is 0.508. The maximum atomic E-state index is 14.2. The quantitative estimate of drug-likeness (QED) is 0.692. The molecule has 1 unspecified atom stereocenters. The van der Waals surface area contributed by atoms with E-state index in [0.29, 0.717) is 12.1 Å². The smallest absolute Gasteiger partial charge is 0.148 e. The second-order valence-electron chi connectivity index (χ2n) is 5.06. The van der Waals surface area contributed by atoms with E-state index in [2.05, 4.69) is 5.10 Å². The molecule has 2 aromatic heterocycles. The first kappa shape index (κ1) is 13.3. The molecule has 0 saturated heterocycles. The molecule has 3 nitrogen and oxygen atoms in total. The highest BCUT2D eigenvalue weighted by molar-refractivity contribution is 7.12. The molecular formula is C17H13FN2OS. The number of rotatable bonds is 3. The van der Waals surface area contributed by atoms with E-state index in [1.165, 1.54) is 6.07 Å². The lowest BCUT2D eigenvalue weighted by molar-refractivity contribution is 0.462. The Labute approximate surface area is 131 Å². The lowest BCUT2D eigenvalue weighted by Crippen LogP contribution is -2.19. The number of thiophene rings is 1. The van der Waals surface area contributed by atoms with E-state index in [9.17, 15) is 4.39 Å². The summed E-state index contributed by atoms with van der Waals surface area (Å²) in [7, 11) is 0. The Morgan fingerprint density at radius 3 is 2.77 bits per heavy atom. The van der Waals surface area contributed by atoms with Crippen molar-refractivity contribution in [2.75, 3.05) is 5.01 Å². The number of hydrogen-bond donors (Lipinski definition) is 0. The van der Waals surface area contributed by atoms with Gasteiger partial charge in [-0.15, -0.1) is 11.3 Å². The fourth-order valence-electron chi connectivity index (χ4n) is 2.66. The molecule has 110 valence electrons. The predicted molar refractivity (Wildman–Crippen MR) is 85.8 cm³/mol. The maximum Gasteiger partial charge on any atom is 0.148 e. The molecule has 1 aliphatic rings. The summed E-state index contributed by atoms with van der Waals surface area (Å²) in [5.41, 5.74) is 1.43. The molecule has 3 heterocycles. The molecule has 0 amide bonds. The van der Waals surface area contributed by atoms with Crippen LogP contribution < -0.4 is 5.01 Å². The number of halogens is 1. The van der Waals surface area contributed by atoms with Crippen molar-refractivity contribution in [3.05, 3.63) is 76.6 Å². The minimum atomic E-state index is -0.282. The standard InChI is InChI=1S/C17H13FN2OS/c18-12-5-1-2-6-14(12)20-15(16-7-3-9-21-16)11-13(19-20)17-8-4-10-22-17/h1-10,15H,11H2. The van der Waals surface area contributed by atoms with Gasteiger partial charge in [-0.1, -0.05) is 18.2 Å². The number of furan rings is 1. The maximum absolute atomic E-state index is 14.2. The first-order valence-corrected chi connectivity index (χ1v) is 7.89. The largest absolute Gasteiger partial charge is 0.467 e. The van der Waals surface area contributed by atoms with E-state index >= 15 is 0 Å². The summed E-state index contributed by atoms with van der Waals surface area (Å²) in [6, 6.07) is 14.4. The molecule has 0 bridgehead atoms. The van der Waals surface area contributed by atoms with Crippen molar-refractivity contribution in [1.82, 2.24) is 0 Å². The average molecular weight is 312 g/mol. The highest BCUT2D eigenvalue weighted by atomic mass is 32.1. The Kier molecular flexibility index (Phi) is 3.27. The number of hydrogen-bond acceptors (Lipinski definition) is 4. The predicted octanol–water partition coefficient (Wildman–Crippen LogP) is 4.84. The van der Waals surface area contributed by atoms with Crippen LogP contribution in [0.2, 0.25) is 0 Å². The molecule has 1 aliphatic heterocycles. The minimum Gasteiger partial charge on any atom is -0.467 e. The zero-order valence-corrected chi connectivity index (χ0v) is 12.5. The molecule has 22 heavy (non-hydrogen) atoms. The van der Waals surface area contributed by atoms with Gasteiger partial charge >= 0.3 is 0 Å². The molecule has 0 fully saturated rings. The zero-order valence-electron chi connectivity index (χ0n) is 11.6. The summed E-state index contributed by atoms with van der Waals surface area (Å²) < 4.78 is 19.7. The molecule has 1 aromatic carbocycles. The van der Waals surface area contributed by atoms with Crippen molar-refractivity contribution in [2.45, 2.75) is 12.5 Å². The molecule has 3 aromatic rings. The monoisotopic (exact) mass is 312 g/mol. The van der Waals surface area contributed by atoms with Gasteiger partial charge in [-0.05, 0) is 35.7 Å². The third-order valence-corrected chi connectivity index (χ3v) is 4.61. The van der Waals surface area contributed by atoms with Crippen molar-refractivity contribution >= 4 is 22.7 Å². The first-order valence-electron chi connectivity index (χ1n) is 7.01. The highest BCUT2D eigenvalue weighted by Crippen LogP contribution is 2.38. The lowest BCUT2D eigenvalue weighted by Gasteiger charge is -2.22. The third-order valence-electron chi connectivity index (χ3n) is 3.69. The van der Waals surface area contributed by atoms with Gasteiger partial charge in [-0.3, -0.25) is 5.01 Å². The van der Waals surface area contributed by atoms with Gasteiger partial charge in [0.2, 0.25) is 0 Å². The fraction of sp³-hybridized carbons (Fsp3) is 0.118. The SMILES string of the molecule is Fc1ccccc1N1N=C(c2cccs2)CC1c1ccco1. The summed E-state index contributed by atoms with van der Waals surface area (Å²) in [4.78, 5) is 1.11. The van der Waals surface area contributed by atoms with Gasteiger partial charge in [0.05, 0.1) is 22.5 Å². The Bertz CT molecular complexity index is 796. The topological polar surface area (TPSA) is 28.7 Å². The van der Waals surface area contributed by atoms with Crippen LogP contribution >= 0.6 is 11.3 Å². The van der Waals surface area contributed by atoms with E-state index in [0.717, 1.165) is 16.3 Å². The number of anilines is 1. The number of benzene rings is 1. The van der Waals surface area contributed by atoms with Gasteiger partial charge in [0.15, 0.2) is 0 Å². The lowest BCUT2D eigenvalue weighted by atomic mass is 10.1. The normalized spacial score (nSPS) is 17.8. The van der Waals surface area contributed by atoms with Crippen LogP contribution in [0.15, 0.2) is 69.7 Å². The van der Waals surface area contributed by atoms with E-state index in [4.69, 9.17) is 4.42 Å². The molecule has 0 N–H and O–H groups in total. The van der Waals surface area contributed by atoms with Crippen LogP contribution in [0, 0.1) is 5.82 Å². The zero-order chi connectivity index (χ0) is 14.9. The molecule has 0 spiro atoms. The first-order chi connectivity index (χ1) is 10.8. The third kappa shape index (κ3) is 2.23.